The molecule has 0 unspecified atom stereocenters. The normalized spacial score (nSPS) is 9.07. The van der Waals surface area contributed by atoms with Gasteiger partial charge in [-0.15, -0.1) is 0 Å². The highest BCUT2D eigenvalue weighted by atomic mass is 16.3. The average Bonchev–Trinajstić information content (AvgIpc) is 2.62. The molecule has 0 saturated carbocycles. The van der Waals surface area contributed by atoms with E-state index in [4.69, 9.17) is 20.1 Å². The number of para-hydroxylation sites is 1. The summed E-state index contributed by atoms with van der Waals surface area (Å²) in [7, 11) is 0. The maximum Gasteiger partial charge on any atom is 0.290 e. The molecule has 2 aromatic rings. The number of primary amides is 1. The van der Waals surface area contributed by atoms with E-state index in [0.29, 0.717) is 5.58 Å². The minimum atomic E-state index is -0.536. The Balaban J connectivity index is 0.000000337. The molecule has 0 fully saturated rings. The molecule has 5 heteroatoms. The van der Waals surface area contributed by atoms with Crippen LogP contribution in [-0.2, 0) is 4.79 Å². The second kappa shape index (κ2) is 4.80. The van der Waals surface area contributed by atoms with Gasteiger partial charge < -0.3 is 15.3 Å². The molecule has 3 N–H and O–H groups in total. The first-order valence-corrected chi connectivity index (χ1v) is 4.05. The van der Waals surface area contributed by atoms with Crippen molar-refractivity contribution in [2.24, 2.45) is 5.73 Å². The molecule has 1 aromatic heterocycles. The molecule has 78 valence electrons. The van der Waals surface area contributed by atoms with Crippen LogP contribution in [0.2, 0.25) is 0 Å². The summed E-state index contributed by atoms with van der Waals surface area (Å²) in [4.78, 5) is 19.1. The minimum Gasteiger partial charge on any atom is -0.483 e. The summed E-state index contributed by atoms with van der Waals surface area (Å²) in [6.45, 7) is -0.250. The predicted octanol–water partition coefficient (Wildman–Crippen LogP) is 1.23. The fourth-order valence-corrected chi connectivity index (χ4v) is 1.10. The van der Waals surface area contributed by atoms with Gasteiger partial charge in [0, 0.05) is 5.39 Å². The van der Waals surface area contributed by atoms with Gasteiger partial charge in [0.25, 0.3) is 12.4 Å². The highest BCUT2D eigenvalue weighted by Gasteiger charge is 2.06. The lowest BCUT2D eigenvalue weighted by Gasteiger charge is -1.83. The number of carbonyl (C=O) groups is 2. The Bertz CT molecular complexity index is 442. The molecule has 0 saturated heterocycles. The van der Waals surface area contributed by atoms with Crippen molar-refractivity contribution in [2.45, 2.75) is 0 Å². The number of nitrogens with two attached hydrogens (primary N) is 1. The van der Waals surface area contributed by atoms with E-state index in [0.717, 1.165) is 5.39 Å². The van der Waals surface area contributed by atoms with E-state index in [-0.39, 0.29) is 12.2 Å². The van der Waals surface area contributed by atoms with Gasteiger partial charge >= 0.3 is 0 Å². The van der Waals surface area contributed by atoms with Gasteiger partial charge in [0.15, 0.2) is 5.76 Å². The van der Waals surface area contributed by atoms with Crippen LogP contribution in [0.3, 0.4) is 0 Å². The van der Waals surface area contributed by atoms with Crippen LogP contribution in [0.4, 0.5) is 0 Å². The van der Waals surface area contributed by atoms with Gasteiger partial charge in [0.1, 0.15) is 5.58 Å². The fraction of sp³-hybridized carbons (Fsp3) is 0. The number of fused-ring (bicyclic) bond motifs is 1. The zero-order chi connectivity index (χ0) is 11.3. The van der Waals surface area contributed by atoms with Crippen LogP contribution in [0, 0.1) is 0 Å². The molecule has 0 aliphatic rings. The van der Waals surface area contributed by atoms with Crippen LogP contribution < -0.4 is 5.73 Å². The molecule has 2 rings (SSSR count). The highest BCUT2D eigenvalue weighted by Crippen LogP contribution is 2.17. The number of benzene rings is 1. The molecule has 0 radical (unpaired) electrons. The number of carbonyl (C=O) groups excluding carboxylic acids is 1. The van der Waals surface area contributed by atoms with E-state index in [1.54, 1.807) is 12.1 Å². The first-order valence-electron chi connectivity index (χ1n) is 4.05. The molecule has 0 spiro atoms. The summed E-state index contributed by atoms with van der Waals surface area (Å²) in [5.41, 5.74) is 5.73. The summed E-state index contributed by atoms with van der Waals surface area (Å²) in [6, 6.07) is 9.02. The topological polar surface area (TPSA) is 93.5 Å². The van der Waals surface area contributed by atoms with Crippen molar-refractivity contribution in [1.29, 1.82) is 0 Å². The lowest BCUT2D eigenvalue weighted by atomic mass is 10.2. The Hall–Kier alpha value is -2.30. The van der Waals surface area contributed by atoms with Gasteiger partial charge in [-0.3, -0.25) is 9.59 Å². The van der Waals surface area contributed by atoms with Crippen molar-refractivity contribution >= 4 is 23.3 Å². The van der Waals surface area contributed by atoms with Crippen LogP contribution in [0.1, 0.15) is 10.6 Å². The monoisotopic (exact) mass is 207 g/mol. The molecule has 15 heavy (non-hydrogen) atoms. The van der Waals surface area contributed by atoms with E-state index in [2.05, 4.69) is 0 Å². The predicted molar refractivity (Wildman–Crippen MR) is 53.4 cm³/mol. The number of hydrogen-bond donors (Lipinski definition) is 2. The molecule has 0 atom stereocenters. The van der Waals surface area contributed by atoms with Crippen LogP contribution in [0.5, 0.6) is 0 Å². The van der Waals surface area contributed by atoms with Crippen LogP contribution in [0.25, 0.3) is 11.0 Å². The molecule has 0 bridgehead atoms. The Kier molecular flexibility index (Phi) is 3.45. The number of furan rings is 1. The van der Waals surface area contributed by atoms with Crippen molar-refractivity contribution in [3.05, 3.63) is 36.1 Å². The number of rotatable bonds is 1. The Morgan fingerprint density at radius 3 is 2.53 bits per heavy atom. The van der Waals surface area contributed by atoms with E-state index >= 15 is 0 Å². The zero-order valence-electron chi connectivity index (χ0n) is 7.71. The van der Waals surface area contributed by atoms with Crippen LogP contribution in [0.15, 0.2) is 34.7 Å². The minimum absolute atomic E-state index is 0.205. The Morgan fingerprint density at radius 1 is 1.40 bits per heavy atom. The van der Waals surface area contributed by atoms with E-state index < -0.39 is 5.91 Å². The molecule has 5 nitrogen and oxygen atoms in total. The van der Waals surface area contributed by atoms with Crippen molar-refractivity contribution in [3.63, 3.8) is 0 Å². The largest absolute Gasteiger partial charge is 0.483 e. The quantitative estimate of drug-likeness (QED) is 0.687. The Morgan fingerprint density at radius 2 is 2.00 bits per heavy atom. The van der Waals surface area contributed by atoms with E-state index in [1.807, 2.05) is 18.2 Å². The van der Waals surface area contributed by atoms with Gasteiger partial charge in [0.05, 0.1) is 0 Å². The van der Waals surface area contributed by atoms with Crippen molar-refractivity contribution in [3.8, 4) is 0 Å². The van der Waals surface area contributed by atoms with Crippen LogP contribution >= 0.6 is 0 Å². The average molecular weight is 207 g/mol. The molecule has 0 aliphatic carbocycles. The number of hydrogen-bond acceptors (Lipinski definition) is 3. The first-order chi connectivity index (χ1) is 7.19. The summed E-state index contributed by atoms with van der Waals surface area (Å²) in [5, 5.41) is 7.78. The summed E-state index contributed by atoms with van der Waals surface area (Å²) < 4.78 is 5.15. The number of amides is 1. The van der Waals surface area contributed by atoms with Gasteiger partial charge in [-0.2, -0.15) is 0 Å². The third-order valence-electron chi connectivity index (χ3n) is 1.67. The van der Waals surface area contributed by atoms with Gasteiger partial charge in [-0.25, -0.2) is 0 Å². The van der Waals surface area contributed by atoms with Gasteiger partial charge in [-0.1, -0.05) is 18.2 Å². The van der Waals surface area contributed by atoms with Crippen LogP contribution in [-0.4, -0.2) is 17.5 Å². The molecular weight excluding hydrogens is 198 g/mol. The lowest BCUT2D eigenvalue weighted by Crippen LogP contribution is -2.08. The number of carboxylic acid groups (broad SMARTS) is 1. The Labute approximate surface area is 85.1 Å². The lowest BCUT2D eigenvalue weighted by molar-refractivity contribution is -0.122. The standard InChI is InChI=1S/C9H7NO2.CH2O2/c10-9(11)8-5-6-3-1-2-4-7(6)12-8;2-1-3/h1-5H,(H2,10,11);1H,(H,2,3). The molecule has 1 amide bonds. The van der Waals surface area contributed by atoms with Gasteiger partial charge in [-0.05, 0) is 12.1 Å². The SMILES string of the molecule is NC(=O)c1cc2ccccc2o1.O=CO. The maximum atomic E-state index is 10.7. The van der Waals surface area contributed by atoms with Crippen molar-refractivity contribution in [2.75, 3.05) is 0 Å². The highest BCUT2D eigenvalue weighted by molar-refractivity contribution is 5.94. The molecule has 1 aromatic carbocycles. The fourth-order valence-electron chi connectivity index (χ4n) is 1.10. The summed E-state index contributed by atoms with van der Waals surface area (Å²) in [5.74, 6) is -0.331. The summed E-state index contributed by atoms with van der Waals surface area (Å²) in [6.07, 6.45) is 0. The molecular formula is C10H9NO4. The third-order valence-corrected chi connectivity index (χ3v) is 1.67. The second-order valence-electron chi connectivity index (χ2n) is 2.62. The van der Waals surface area contributed by atoms with E-state index in [9.17, 15) is 4.79 Å². The van der Waals surface area contributed by atoms with Crippen molar-refractivity contribution < 1.29 is 19.1 Å². The third kappa shape index (κ3) is 2.57. The van der Waals surface area contributed by atoms with E-state index in [1.165, 1.54) is 0 Å². The molecule has 0 aliphatic heterocycles. The van der Waals surface area contributed by atoms with Crippen molar-refractivity contribution in [1.82, 2.24) is 0 Å². The van der Waals surface area contributed by atoms with Gasteiger partial charge in [0.2, 0.25) is 0 Å². The second-order valence-corrected chi connectivity index (χ2v) is 2.62. The zero-order valence-corrected chi connectivity index (χ0v) is 7.71. The summed E-state index contributed by atoms with van der Waals surface area (Å²) >= 11 is 0. The smallest absolute Gasteiger partial charge is 0.290 e. The first kappa shape index (κ1) is 10.8. The molecule has 1 heterocycles. The maximum absolute atomic E-state index is 10.7.